The summed E-state index contributed by atoms with van der Waals surface area (Å²) in [7, 11) is 0. The van der Waals surface area contributed by atoms with E-state index in [2.05, 4.69) is 20.9 Å². The third kappa shape index (κ3) is 1.92. The van der Waals surface area contributed by atoms with Crippen molar-refractivity contribution in [1.29, 1.82) is 0 Å². The molecule has 0 amide bonds. The van der Waals surface area contributed by atoms with Gasteiger partial charge < -0.3 is 5.11 Å². The summed E-state index contributed by atoms with van der Waals surface area (Å²) in [4.78, 5) is 27.5. The molecule has 0 bridgehead atoms. The molecule has 0 aliphatic heterocycles. The van der Waals surface area contributed by atoms with Gasteiger partial charge in [-0.3, -0.25) is 9.36 Å². The summed E-state index contributed by atoms with van der Waals surface area (Å²) >= 11 is 3.31. The zero-order valence-corrected chi connectivity index (χ0v) is 11.3. The minimum absolute atomic E-state index is 0.221. The van der Waals surface area contributed by atoms with Crippen LogP contribution in [-0.2, 0) is 11.9 Å². The number of carboxylic acid groups (broad SMARTS) is 1. The van der Waals surface area contributed by atoms with Crippen molar-refractivity contribution in [1.82, 2.24) is 9.55 Å². The number of halogens is 1. The van der Waals surface area contributed by atoms with Gasteiger partial charge in [-0.1, -0.05) is 28.1 Å². The van der Waals surface area contributed by atoms with Crippen molar-refractivity contribution in [3.63, 3.8) is 0 Å². The Morgan fingerprint density at radius 2 is 2.22 bits per heavy atom. The van der Waals surface area contributed by atoms with Crippen LogP contribution in [0.4, 0.5) is 0 Å². The van der Waals surface area contributed by atoms with Crippen molar-refractivity contribution < 1.29 is 9.90 Å². The Morgan fingerprint density at radius 1 is 1.50 bits per heavy atom. The first kappa shape index (κ1) is 12.8. The highest BCUT2D eigenvalue weighted by atomic mass is 79.9. The van der Waals surface area contributed by atoms with Gasteiger partial charge in [0.1, 0.15) is 0 Å². The van der Waals surface area contributed by atoms with Crippen LogP contribution in [-0.4, -0.2) is 20.6 Å². The maximum absolute atomic E-state index is 12.3. The first-order chi connectivity index (χ1) is 8.60. The lowest BCUT2D eigenvalue weighted by atomic mass is 10.1. The molecule has 0 atom stereocenters. The average molecular weight is 311 g/mol. The predicted molar refractivity (Wildman–Crippen MR) is 71.3 cm³/mol. The van der Waals surface area contributed by atoms with E-state index >= 15 is 0 Å². The molecule has 5 nitrogen and oxygen atoms in total. The van der Waals surface area contributed by atoms with Crippen LogP contribution in [0, 0.1) is 0 Å². The van der Waals surface area contributed by atoms with Gasteiger partial charge in [-0.25, -0.2) is 9.78 Å². The number of aromatic carboxylic acids is 1. The van der Waals surface area contributed by atoms with Crippen LogP contribution in [0.25, 0.3) is 10.9 Å². The Balaban J connectivity index is 2.96. The smallest absolute Gasteiger partial charge is 0.372 e. The second kappa shape index (κ2) is 4.89. The number of nitrogens with zero attached hydrogens (tertiary/aromatic N) is 2. The summed E-state index contributed by atoms with van der Waals surface area (Å²) in [5, 5.41) is 10.1. The molecule has 18 heavy (non-hydrogen) atoms. The second-order valence-electron chi connectivity index (χ2n) is 3.73. The van der Waals surface area contributed by atoms with Crippen molar-refractivity contribution in [2.24, 2.45) is 0 Å². The van der Waals surface area contributed by atoms with Crippen LogP contribution >= 0.6 is 15.9 Å². The van der Waals surface area contributed by atoms with Gasteiger partial charge in [0, 0.05) is 11.9 Å². The number of fused-ring (bicyclic) bond motifs is 1. The monoisotopic (exact) mass is 310 g/mol. The van der Waals surface area contributed by atoms with E-state index in [1.54, 1.807) is 19.1 Å². The summed E-state index contributed by atoms with van der Waals surface area (Å²) in [6.07, 6.45) is 0. The highest BCUT2D eigenvalue weighted by Gasteiger charge is 2.16. The van der Waals surface area contributed by atoms with Crippen LogP contribution in [0.1, 0.15) is 23.1 Å². The van der Waals surface area contributed by atoms with Crippen LogP contribution in [0.2, 0.25) is 0 Å². The maximum Gasteiger partial charge on any atom is 0.372 e. The molecule has 1 aromatic carbocycles. The fourth-order valence-corrected chi connectivity index (χ4v) is 2.37. The number of hydrogen-bond donors (Lipinski definition) is 1. The van der Waals surface area contributed by atoms with Crippen molar-refractivity contribution >= 4 is 32.8 Å². The Kier molecular flexibility index (Phi) is 3.47. The van der Waals surface area contributed by atoms with Crippen LogP contribution in [0.15, 0.2) is 23.0 Å². The first-order valence-corrected chi connectivity index (χ1v) is 6.54. The second-order valence-corrected chi connectivity index (χ2v) is 4.30. The minimum atomic E-state index is -1.19. The van der Waals surface area contributed by atoms with E-state index in [1.165, 1.54) is 4.57 Å². The fourth-order valence-electron chi connectivity index (χ4n) is 1.90. The minimum Gasteiger partial charge on any atom is -0.475 e. The number of carbonyl (C=O) groups is 1. The molecule has 0 saturated heterocycles. The summed E-state index contributed by atoms with van der Waals surface area (Å²) < 4.78 is 1.18. The van der Waals surface area contributed by atoms with Crippen LogP contribution in [0.5, 0.6) is 0 Å². The summed E-state index contributed by atoms with van der Waals surface area (Å²) in [6.45, 7) is 2.00. The highest BCUT2D eigenvalue weighted by molar-refractivity contribution is 9.08. The molecule has 1 aromatic heterocycles. The molecule has 0 saturated carbocycles. The zero-order valence-electron chi connectivity index (χ0n) is 9.68. The van der Waals surface area contributed by atoms with E-state index in [4.69, 9.17) is 5.11 Å². The normalized spacial score (nSPS) is 10.8. The van der Waals surface area contributed by atoms with Crippen molar-refractivity contribution in [3.05, 3.63) is 39.9 Å². The molecule has 6 heteroatoms. The number of carboxylic acids is 1. The van der Waals surface area contributed by atoms with E-state index in [1.807, 2.05) is 6.07 Å². The number of aromatic nitrogens is 2. The van der Waals surface area contributed by atoms with Crippen molar-refractivity contribution in [2.75, 3.05) is 0 Å². The Hall–Kier alpha value is -1.69. The Labute approximate surface area is 111 Å². The van der Waals surface area contributed by atoms with Gasteiger partial charge in [-0.2, -0.15) is 0 Å². The molecule has 2 rings (SSSR count). The zero-order chi connectivity index (χ0) is 13.3. The van der Waals surface area contributed by atoms with E-state index in [0.717, 1.165) is 5.56 Å². The van der Waals surface area contributed by atoms with Gasteiger partial charge >= 0.3 is 5.97 Å². The SMILES string of the molecule is CCn1c(C(=O)O)nc2cccc(CBr)c2c1=O. The topological polar surface area (TPSA) is 72.2 Å². The molecule has 1 heterocycles. The van der Waals surface area contributed by atoms with Gasteiger partial charge in [-0.05, 0) is 18.6 Å². The molecule has 1 N–H and O–H groups in total. The van der Waals surface area contributed by atoms with E-state index in [-0.39, 0.29) is 17.9 Å². The number of alkyl halides is 1. The van der Waals surface area contributed by atoms with Crippen molar-refractivity contribution in [3.8, 4) is 0 Å². The molecule has 0 spiro atoms. The molecule has 2 aromatic rings. The van der Waals surface area contributed by atoms with E-state index in [0.29, 0.717) is 16.2 Å². The largest absolute Gasteiger partial charge is 0.475 e. The standard InChI is InChI=1S/C12H11BrN2O3/c1-2-15-10(12(17)18)14-8-5-3-4-7(6-13)9(8)11(15)16/h3-5H,2,6H2,1H3,(H,17,18). The lowest BCUT2D eigenvalue weighted by Gasteiger charge is -2.09. The molecular weight excluding hydrogens is 300 g/mol. The van der Waals surface area contributed by atoms with Crippen LogP contribution < -0.4 is 5.56 Å². The van der Waals surface area contributed by atoms with E-state index < -0.39 is 5.97 Å². The van der Waals surface area contributed by atoms with Crippen molar-refractivity contribution in [2.45, 2.75) is 18.8 Å². The highest BCUT2D eigenvalue weighted by Crippen LogP contribution is 2.16. The average Bonchev–Trinajstić information content (AvgIpc) is 2.37. The van der Waals surface area contributed by atoms with Gasteiger partial charge in [0.15, 0.2) is 0 Å². The van der Waals surface area contributed by atoms with Crippen LogP contribution in [0.3, 0.4) is 0 Å². The molecule has 0 aliphatic carbocycles. The lowest BCUT2D eigenvalue weighted by Crippen LogP contribution is -2.27. The quantitative estimate of drug-likeness (QED) is 0.880. The van der Waals surface area contributed by atoms with Gasteiger partial charge in [-0.15, -0.1) is 0 Å². The number of rotatable bonds is 3. The lowest BCUT2D eigenvalue weighted by molar-refractivity contribution is 0.0676. The third-order valence-corrected chi connectivity index (χ3v) is 3.33. The van der Waals surface area contributed by atoms with Gasteiger partial charge in [0.05, 0.1) is 10.9 Å². The van der Waals surface area contributed by atoms with Gasteiger partial charge in [0.2, 0.25) is 5.82 Å². The fraction of sp³-hybridized carbons (Fsp3) is 0.250. The maximum atomic E-state index is 12.3. The molecule has 94 valence electrons. The third-order valence-electron chi connectivity index (χ3n) is 2.72. The Morgan fingerprint density at radius 3 is 2.78 bits per heavy atom. The van der Waals surface area contributed by atoms with E-state index in [9.17, 15) is 9.59 Å². The number of hydrogen-bond acceptors (Lipinski definition) is 3. The molecule has 0 unspecified atom stereocenters. The molecular formula is C12H11BrN2O3. The molecule has 0 aliphatic rings. The predicted octanol–water partition coefficient (Wildman–Crippen LogP) is 2.01. The number of benzene rings is 1. The van der Waals surface area contributed by atoms with Gasteiger partial charge in [0.25, 0.3) is 5.56 Å². The summed E-state index contributed by atoms with van der Waals surface area (Å²) in [6, 6.07) is 5.23. The molecule has 0 radical (unpaired) electrons. The molecule has 0 fully saturated rings. The Bertz CT molecular complexity index is 679. The summed E-state index contributed by atoms with van der Waals surface area (Å²) in [5.74, 6) is -1.41. The summed E-state index contributed by atoms with van der Waals surface area (Å²) in [5.41, 5.74) is 0.915. The first-order valence-electron chi connectivity index (χ1n) is 5.41.